The van der Waals surface area contributed by atoms with E-state index in [0.717, 1.165) is 24.1 Å². The molecule has 0 aliphatic heterocycles. The van der Waals surface area contributed by atoms with E-state index in [1.807, 2.05) is 48.0 Å². The zero-order valence-electron chi connectivity index (χ0n) is 13.9. The number of aryl methyl sites for hydroxylation is 2. The van der Waals surface area contributed by atoms with Crippen molar-refractivity contribution in [2.45, 2.75) is 19.9 Å². The van der Waals surface area contributed by atoms with Crippen molar-refractivity contribution in [3.63, 3.8) is 0 Å². The number of nitrogens with one attached hydrogen (secondary N) is 2. The minimum atomic E-state index is -0.440. The molecule has 2 heterocycles. The average molecular weight is 334 g/mol. The molecule has 3 rings (SSSR count). The fourth-order valence-electron chi connectivity index (χ4n) is 2.47. The van der Waals surface area contributed by atoms with Crippen LogP contribution in [0.25, 0.3) is 11.3 Å². The van der Waals surface area contributed by atoms with Crippen LogP contribution < -0.4 is 10.9 Å². The summed E-state index contributed by atoms with van der Waals surface area (Å²) in [6.07, 6.45) is 6.25. The van der Waals surface area contributed by atoms with Gasteiger partial charge in [-0.3, -0.25) is 9.78 Å². The van der Waals surface area contributed by atoms with Crippen molar-refractivity contribution in [1.82, 2.24) is 19.5 Å². The third-order valence-electron chi connectivity index (χ3n) is 3.80. The second-order valence-electron chi connectivity index (χ2n) is 5.70. The Balaban J connectivity index is 1.77. The zero-order chi connectivity index (χ0) is 17.6. The quantitative estimate of drug-likeness (QED) is 0.674. The number of imidazole rings is 1. The topological polar surface area (TPSA) is 99.4 Å². The van der Waals surface area contributed by atoms with E-state index in [9.17, 15) is 10.1 Å². The lowest BCUT2D eigenvalue weighted by atomic mass is 10.1. The van der Waals surface area contributed by atoms with Crippen LogP contribution in [-0.2, 0) is 6.54 Å². The Morgan fingerprint density at radius 1 is 1.32 bits per heavy atom. The second kappa shape index (κ2) is 7.45. The minimum absolute atomic E-state index is 0.0211. The van der Waals surface area contributed by atoms with Crippen molar-refractivity contribution in [1.29, 1.82) is 5.26 Å². The molecule has 7 heteroatoms. The summed E-state index contributed by atoms with van der Waals surface area (Å²) < 4.78 is 1.98. The van der Waals surface area contributed by atoms with Crippen LogP contribution in [0.3, 0.4) is 0 Å². The molecule has 2 N–H and O–H groups in total. The van der Waals surface area contributed by atoms with Crippen molar-refractivity contribution >= 4 is 5.95 Å². The van der Waals surface area contributed by atoms with Crippen LogP contribution in [0.1, 0.15) is 17.5 Å². The van der Waals surface area contributed by atoms with Crippen molar-refractivity contribution in [3.8, 4) is 17.3 Å². The fourth-order valence-corrected chi connectivity index (χ4v) is 2.47. The summed E-state index contributed by atoms with van der Waals surface area (Å²) in [5.41, 5.74) is 1.82. The van der Waals surface area contributed by atoms with E-state index in [1.165, 1.54) is 0 Å². The molecule has 0 radical (unpaired) electrons. The predicted molar refractivity (Wildman–Crippen MR) is 95.1 cm³/mol. The number of nitriles is 1. The van der Waals surface area contributed by atoms with Gasteiger partial charge in [0, 0.05) is 31.0 Å². The molecule has 0 unspecified atom stereocenters. The van der Waals surface area contributed by atoms with E-state index in [1.54, 1.807) is 12.5 Å². The molecule has 0 aliphatic carbocycles. The monoisotopic (exact) mass is 334 g/mol. The highest BCUT2D eigenvalue weighted by Gasteiger charge is 2.13. The summed E-state index contributed by atoms with van der Waals surface area (Å²) in [5, 5.41) is 12.4. The Labute approximate surface area is 145 Å². The number of hydrogen-bond donors (Lipinski definition) is 2. The van der Waals surface area contributed by atoms with Crippen LogP contribution in [0, 0.1) is 18.3 Å². The molecule has 7 nitrogen and oxygen atoms in total. The number of H-pyrrole nitrogens is 1. The highest BCUT2D eigenvalue weighted by atomic mass is 16.1. The van der Waals surface area contributed by atoms with Gasteiger partial charge in [0.2, 0.25) is 5.95 Å². The van der Waals surface area contributed by atoms with Gasteiger partial charge < -0.3 is 9.88 Å². The Hall–Kier alpha value is -3.40. The SMILES string of the molecule is Cc1ccc(-c2nc(NCCCn3ccnc3)[nH]c(=O)c2C#N)cc1. The van der Waals surface area contributed by atoms with E-state index in [4.69, 9.17) is 0 Å². The molecule has 0 aliphatic rings. The lowest BCUT2D eigenvalue weighted by Gasteiger charge is -2.09. The molecular formula is C18H18N6O. The van der Waals surface area contributed by atoms with Crippen molar-refractivity contribution in [2.24, 2.45) is 0 Å². The lowest BCUT2D eigenvalue weighted by Crippen LogP contribution is -2.18. The lowest BCUT2D eigenvalue weighted by molar-refractivity contribution is 0.659. The van der Waals surface area contributed by atoms with Crippen LogP contribution >= 0.6 is 0 Å². The molecular weight excluding hydrogens is 316 g/mol. The van der Waals surface area contributed by atoms with Gasteiger partial charge in [-0.1, -0.05) is 29.8 Å². The Morgan fingerprint density at radius 3 is 2.80 bits per heavy atom. The maximum atomic E-state index is 12.2. The van der Waals surface area contributed by atoms with Crippen LogP contribution in [0.15, 0.2) is 47.8 Å². The van der Waals surface area contributed by atoms with Crippen LogP contribution in [0.5, 0.6) is 0 Å². The van der Waals surface area contributed by atoms with Crippen LogP contribution in [0.2, 0.25) is 0 Å². The van der Waals surface area contributed by atoms with Gasteiger partial charge in [0.25, 0.3) is 5.56 Å². The summed E-state index contributed by atoms with van der Waals surface area (Å²) in [5.74, 6) is 0.366. The summed E-state index contributed by atoms with van der Waals surface area (Å²) in [4.78, 5) is 23.2. The molecule has 25 heavy (non-hydrogen) atoms. The number of anilines is 1. The summed E-state index contributed by atoms with van der Waals surface area (Å²) in [7, 11) is 0. The second-order valence-corrected chi connectivity index (χ2v) is 5.70. The number of benzene rings is 1. The number of aromatic nitrogens is 4. The Morgan fingerprint density at radius 2 is 2.12 bits per heavy atom. The fraction of sp³-hybridized carbons (Fsp3) is 0.222. The highest BCUT2D eigenvalue weighted by Crippen LogP contribution is 2.20. The van der Waals surface area contributed by atoms with Crippen LogP contribution in [0.4, 0.5) is 5.95 Å². The third-order valence-corrected chi connectivity index (χ3v) is 3.80. The first-order chi connectivity index (χ1) is 12.2. The van der Waals surface area contributed by atoms with Gasteiger partial charge in [-0.25, -0.2) is 9.97 Å². The summed E-state index contributed by atoms with van der Waals surface area (Å²) in [6.45, 7) is 3.44. The predicted octanol–water partition coefficient (Wildman–Crippen LogP) is 2.32. The molecule has 0 saturated heterocycles. The molecule has 0 atom stereocenters. The van der Waals surface area contributed by atoms with Gasteiger partial charge in [-0.05, 0) is 13.3 Å². The maximum absolute atomic E-state index is 12.2. The minimum Gasteiger partial charge on any atom is -0.356 e. The van der Waals surface area contributed by atoms with Crippen LogP contribution in [-0.4, -0.2) is 26.1 Å². The molecule has 0 saturated carbocycles. The smallest absolute Gasteiger partial charge is 0.270 e. The summed E-state index contributed by atoms with van der Waals surface area (Å²) >= 11 is 0. The number of hydrogen-bond acceptors (Lipinski definition) is 5. The Bertz CT molecular complexity index is 935. The van der Waals surface area contributed by atoms with E-state index in [2.05, 4.69) is 20.3 Å². The molecule has 0 bridgehead atoms. The number of nitrogens with zero attached hydrogens (tertiary/aromatic N) is 4. The van der Waals surface area contributed by atoms with Crippen molar-refractivity contribution in [3.05, 3.63) is 64.5 Å². The van der Waals surface area contributed by atoms with Gasteiger partial charge in [-0.2, -0.15) is 5.26 Å². The molecule has 3 aromatic rings. The van der Waals surface area contributed by atoms with E-state index in [0.29, 0.717) is 18.2 Å². The van der Waals surface area contributed by atoms with Gasteiger partial charge in [0.05, 0.1) is 12.0 Å². The molecule has 1 aromatic carbocycles. The zero-order valence-corrected chi connectivity index (χ0v) is 13.9. The first-order valence-electron chi connectivity index (χ1n) is 7.98. The van der Waals surface area contributed by atoms with Crippen molar-refractivity contribution in [2.75, 3.05) is 11.9 Å². The first kappa shape index (κ1) is 16.5. The molecule has 126 valence electrons. The molecule has 0 fully saturated rings. The average Bonchev–Trinajstić information content (AvgIpc) is 3.12. The highest BCUT2D eigenvalue weighted by molar-refractivity contribution is 5.67. The first-order valence-corrected chi connectivity index (χ1v) is 7.98. The maximum Gasteiger partial charge on any atom is 0.270 e. The van der Waals surface area contributed by atoms with Gasteiger partial charge in [0.1, 0.15) is 11.6 Å². The standard InChI is InChI=1S/C18H18N6O/c1-13-3-5-14(6-4-13)16-15(11-19)17(25)23-18(22-16)21-7-2-9-24-10-8-20-12-24/h3-6,8,10,12H,2,7,9H2,1H3,(H2,21,22,23,25). The normalized spacial score (nSPS) is 10.4. The van der Waals surface area contributed by atoms with E-state index in [-0.39, 0.29) is 5.56 Å². The summed E-state index contributed by atoms with van der Waals surface area (Å²) in [6, 6.07) is 9.53. The number of rotatable bonds is 6. The van der Waals surface area contributed by atoms with Crippen molar-refractivity contribution < 1.29 is 0 Å². The number of aromatic amines is 1. The molecule has 0 spiro atoms. The Kier molecular flexibility index (Phi) is 4.90. The van der Waals surface area contributed by atoms with Gasteiger partial charge in [-0.15, -0.1) is 0 Å². The molecule has 0 amide bonds. The van der Waals surface area contributed by atoms with Gasteiger partial charge >= 0.3 is 0 Å². The third kappa shape index (κ3) is 3.93. The van der Waals surface area contributed by atoms with Gasteiger partial charge in [0.15, 0.2) is 0 Å². The largest absolute Gasteiger partial charge is 0.356 e. The molecule has 2 aromatic heterocycles. The van der Waals surface area contributed by atoms with E-state index < -0.39 is 5.56 Å². The van der Waals surface area contributed by atoms with E-state index >= 15 is 0 Å².